The number of hydrogen-bond donors (Lipinski definition) is 1. The highest BCUT2D eigenvalue weighted by Crippen LogP contribution is 2.31. The molecule has 0 unspecified atom stereocenters. The molecule has 1 N–H and O–H groups in total. The van der Waals surface area contributed by atoms with Crippen LogP contribution in [0.15, 0.2) is 97.1 Å². The fraction of sp³-hybridized carbons (Fsp3) is 0.0667. The van der Waals surface area contributed by atoms with Crippen LogP contribution < -0.4 is 10.1 Å². The molecule has 0 aliphatic rings. The Balaban J connectivity index is 1.47. The molecule has 36 heavy (non-hydrogen) atoms. The highest BCUT2D eigenvalue weighted by Gasteiger charge is 2.16. The van der Waals surface area contributed by atoms with E-state index in [4.69, 9.17) is 4.74 Å². The van der Waals surface area contributed by atoms with Gasteiger partial charge in [0.1, 0.15) is 11.6 Å². The molecule has 0 saturated heterocycles. The van der Waals surface area contributed by atoms with Gasteiger partial charge in [-0.2, -0.15) is 0 Å². The minimum Gasteiger partial charge on any atom is -0.494 e. The Labute approximate surface area is 212 Å². The number of anilines is 1. The van der Waals surface area contributed by atoms with Crippen molar-refractivity contribution in [3.8, 4) is 16.9 Å². The molecule has 5 rings (SSSR count). The summed E-state index contributed by atoms with van der Waals surface area (Å²) < 4.78 is 20.0. The van der Waals surface area contributed by atoms with Gasteiger partial charge in [0.2, 0.25) is 0 Å². The SMILES string of the molecule is CCOc1ccc2nc(NC(=O)C(=Cc3ccc(F)cc3)c3ccc(-c4ccccc4)cc3)sc2c1. The Hall–Kier alpha value is -4.29. The number of nitrogens with one attached hydrogen (secondary N) is 1. The predicted octanol–water partition coefficient (Wildman–Crippen LogP) is 7.68. The van der Waals surface area contributed by atoms with E-state index in [1.54, 1.807) is 18.2 Å². The lowest BCUT2D eigenvalue weighted by atomic mass is 9.98. The maximum atomic E-state index is 13.5. The van der Waals surface area contributed by atoms with Gasteiger partial charge >= 0.3 is 0 Å². The smallest absolute Gasteiger partial charge is 0.258 e. The van der Waals surface area contributed by atoms with Gasteiger partial charge in [-0.3, -0.25) is 10.1 Å². The summed E-state index contributed by atoms with van der Waals surface area (Å²) >= 11 is 1.39. The molecule has 0 aliphatic heterocycles. The van der Waals surface area contributed by atoms with E-state index in [0.29, 0.717) is 17.3 Å². The Kier molecular flexibility index (Phi) is 6.87. The Bertz CT molecular complexity index is 1530. The van der Waals surface area contributed by atoms with Gasteiger partial charge in [-0.05, 0) is 65.6 Å². The second-order valence-corrected chi connectivity index (χ2v) is 9.12. The van der Waals surface area contributed by atoms with E-state index in [2.05, 4.69) is 10.3 Å². The lowest BCUT2D eigenvalue weighted by Gasteiger charge is -2.10. The number of hydrogen-bond acceptors (Lipinski definition) is 4. The molecule has 0 radical (unpaired) electrons. The summed E-state index contributed by atoms with van der Waals surface area (Å²) in [5.74, 6) is 0.143. The first-order valence-corrected chi connectivity index (χ1v) is 12.4. The average Bonchev–Trinajstić information content (AvgIpc) is 3.30. The van der Waals surface area contributed by atoms with Gasteiger partial charge in [0.25, 0.3) is 5.91 Å². The van der Waals surface area contributed by atoms with Crippen LogP contribution in [0.3, 0.4) is 0 Å². The monoisotopic (exact) mass is 494 g/mol. The molecule has 0 bridgehead atoms. The summed E-state index contributed by atoms with van der Waals surface area (Å²) in [5.41, 5.74) is 4.86. The normalized spacial score (nSPS) is 11.4. The molecule has 0 spiro atoms. The van der Waals surface area contributed by atoms with Gasteiger partial charge in [0.15, 0.2) is 5.13 Å². The fourth-order valence-corrected chi connectivity index (χ4v) is 4.75. The highest BCUT2D eigenvalue weighted by atomic mass is 32.1. The number of amides is 1. The topological polar surface area (TPSA) is 51.2 Å². The van der Waals surface area contributed by atoms with Crippen LogP contribution in [0.25, 0.3) is 33.0 Å². The molecular weight excluding hydrogens is 471 g/mol. The van der Waals surface area contributed by atoms with Crippen molar-refractivity contribution in [2.45, 2.75) is 6.92 Å². The van der Waals surface area contributed by atoms with E-state index in [1.165, 1.54) is 23.5 Å². The van der Waals surface area contributed by atoms with Gasteiger partial charge in [0, 0.05) is 5.57 Å². The number of carbonyl (C=O) groups is 1. The summed E-state index contributed by atoms with van der Waals surface area (Å²) in [6, 6.07) is 29.6. The molecule has 4 aromatic carbocycles. The first-order chi connectivity index (χ1) is 17.6. The van der Waals surface area contributed by atoms with Crippen LogP contribution in [0, 0.1) is 5.82 Å². The molecule has 6 heteroatoms. The number of thiazole rings is 1. The zero-order valence-electron chi connectivity index (χ0n) is 19.6. The van der Waals surface area contributed by atoms with Gasteiger partial charge in [0.05, 0.1) is 16.8 Å². The molecule has 0 fully saturated rings. The molecule has 0 aliphatic carbocycles. The van der Waals surface area contributed by atoms with E-state index < -0.39 is 0 Å². The first-order valence-electron chi connectivity index (χ1n) is 11.6. The first kappa shape index (κ1) is 23.5. The number of aromatic nitrogens is 1. The number of ether oxygens (including phenoxy) is 1. The quantitative estimate of drug-likeness (QED) is 0.186. The lowest BCUT2D eigenvalue weighted by molar-refractivity contribution is -0.111. The van der Waals surface area contributed by atoms with E-state index in [1.807, 2.05) is 79.7 Å². The number of fused-ring (bicyclic) bond motifs is 1. The molecule has 1 aromatic heterocycles. The highest BCUT2D eigenvalue weighted by molar-refractivity contribution is 7.22. The minimum absolute atomic E-state index is 0.295. The largest absolute Gasteiger partial charge is 0.494 e. The Morgan fingerprint density at radius 1 is 0.944 bits per heavy atom. The van der Waals surface area contributed by atoms with E-state index >= 15 is 0 Å². The lowest BCUT2D eigenvalue weighted by Crippen LogP contribution is -2.13. The third kappa shape index (κ3) is 5.34. The van der Waals surface area contributed by atoms with Crippen LogP contribution in [-0.2, 0) is 4.79 Å². The Morgan fingerprint density at radius 2 is 1.67 bits per heavy atom. The second-order valence-electron chi connectivity index (χ2n) is 8.09. The van der Waals surface area contributed by atoms with Crippen LogP contribution in [0.1, 0.15) is 18.1 Å². The van der Waals surface area contributed by atoms with Gasteiger partial charge in [-0.25, -0.2) is 9.37 Å². The van der Waals surface area contributed by atoms with Crippen molar-refractivity contribution in [1.82, 2.24) is 4.98 Å². The molecule has 178 valence electrons. The van der Waals surface area contributed by atoms with Crippen LogP contribution in [-0.4, -0.2) is 17.5 Å². The summed E-state index contributed by atoms with van der Waals surface area (Å²) in [5, 5.41) is 3.44. The van der Waals surface area contributed by atoms with Crippen molar-refractivity contribution in [2.75, 3.05) is 11.9 Å². The maximum absolute atomic E-state index is 13.5. The van der Waals surface area contributed by atoms with Crippen LogP contribution in [0.5, 0.6) is 5.75 Å². The average molecular weight is 495 g/mol. The number of halogens is 1. The van der Waals surface area contributed by atoms with E-state index in [-0.39, 0.29) is 11.7 Å². The van der Waals surface area contributed by atoms with Crippen LogP contribution in [0.2, 0.25) is 0 Å². The summed E-state index contributed by atoms with van der Waals surface area (Å²) in [6.45, 7) is 2.51. The third-order valence-electron chi connectivity index (χ3n) is 5.62. The Morgan fingerprint density at radius 3 is 2.39 bits per heavy atom. The van der Waals surface area contributed by atoms with Crippen molar-refractivity contribution in [3.05, 3.63) is 114 Å². The second kappa shape index (κ2) is 10.5. The summed E-state index contributed by atoms with van der Waals surface area (Å²) in [7, 11) is 0. The standard InChI is InChI=1S/C30H23FN2O2S/c1-2-35-25-16-17-27-28(19-25)36-30(32-27)33-29(34)26(18-20-8-14-24(31)15-9-20)23-12-10-22(11-13-23)21-6-4-3-5-7-21/h3-19H,2H2,1H3,(H,32,33,34). The molecular formula is C30H23FN2O2S. The molecule has 0 saturated carbocycles. The minimum atomic E-state index is -0.328. The number of nitrogens with zero attached hydrogens (tertiary/aromatic N) is 1. The van der Waals surface area contributed by atoms with Crippen molar-refractivity contribution in [2.24, 2.45) is 0 Å². The predicted molar refractivity (Wildman–Crippen MR) is 146 cm³/mol. The fourth-order valence-electron chi connectivity index (χ4n) is 3.86. The van der Waals surface area contributed by atoms with Gasteiger partial charge < -0.3 is 4.74 Å². The van der Waals surface area contributed by atoms with Crippen LogP contribution >= 0.6 is 11.3 Å². The van der Waals surface area contributed by atoms with E-state index in [0.717, 1.165) is 38.2 Å². The number of rotatable bonds is 7. The van der Waals surface area contributed by atoms with Crippen molar-refractivity contribution >= 4 is 44.2 Å². The third-order valence-corrected chi connectivity index (χ3v) is 6.55. The maximum Gasteiger partial charge on any atom is 0.258 e. The van der Waals surface area contributed by atoms with E-state index in [9.17, 15) is 9.18 Å². The summed E-state index contributed by atoms with van der Waals surface area (Å²) in [4.78, 5) is 18.0. The van der Waals surface area contributed by atoms with Gasteiger partial charge in [-0.1, -0.05) is 78.1 Å². The molecule has 0 atom stereocenters. The zero-order valence-corrected chi connectivity index (χ0v) is 20.4. The van der Waals surface area contributed by atoms with Crippen molar-refractivity contribution < 1.29 is 13.9 Å². The van der Waals surface area contributed by atoms with Crippen LogP contribution in [0.4, 0.5) is 9.52 Å². The number of carbonyl (C=O) groups excluding carboxylic acids is 1. The van der Waals surface area contributed by atoms with Crippen molar-refractivity contribution in [3.63, 3.8) is 0 Å². The molecule has 1 amide bonds. The van der Waals surface area contributed by atoms with Gasteiger partial charge in [-0.15, -0.1) is 0 Å². The molecule has 1 heterocycles. The molecule has 4 nitrogen and oxygen atoms in total. The molecule has 5 aromatic rings. The zero-order chi connectivity index (χ0) is 24.9. The summed E-state index contributed by atoms with van der Waals surface area (Å²) in [6.07, 6.45) is 1.76. The van der Waals surface area contributed by atoms with Crippen molar-refractivity contribution in [1.29, 1.82) is 0 Å². The number of benzene rings is 4.